The number of aromatic nitrogens is 4. The van der Waals surface area contributed by atoms with Gasteiger partial charge < -0.3 is 10.1 Å². The lowest BCUT2D eigenvalue weighted by molar-refractivity contribution is -0.121. The van der Waals surface area contributed by atoms with Crippen molar-refractivity contribution in [2.24, 2.45) is 7.05 Å². The highest BCUT2D eigenvalue weighted by Crippen LogP contribution is 2.19. The van der Waals surface area contributed by atoms with Crippen molar-refractivity contribution in [1.29, 1.82) is 0 Å². The Morgan fingerprint density at radius 3 is 2.62 bits per heavy atom. The van der Waals surface area contributed by atoms with E-state index in [1.165, 1.54) is 17.8 Å². The van der Waals surface area contributed by atoms with E-state index < -0.39 is 17.2 Å². The van der Waals surface area contributed by atoms with Gasteiger partial charge >= 0.3 is 5.69 Å². The Morgan fingerprint density at radius 1 is 1.19 bits per heavy atom. The Morgan fingerprint density at radius 2 is 1.91 bits per heavy atom. The molecule has 168 valence electrons. The van der Waals surface area contributed by atoms with Crippen molar-refractivity contribution in [2.45, 2.75) is 6.54 Å². The van der Waals surface area contributed by atoms with Gasteiger partial charge in [-0.1, -0.05) is 11.6 Å². The average Bonchev–Trinajstić information content (AvgIpc) is 2.81. The highest BCUT2D eigenvalue weighted by atomic mass is 35.5. The van der Waals surface area contributed by atoms with Gasteiger partial charge in [0.05, 0.1) is 13.2 Å². The number of carbonyl (C=O) groups excluding carboxylic acids is 1. The van der Waals surface area contributed by atoms with E-state index in [1.807, 2.05) is 0 Å². The van der Waals surface area contributed by atoms with Crippen LogP contribution < -0.4 is 16.6 Å². The van der Waals surface area contributed by atoms with Crippen LogP contribution >= 0.6 is 11.6 Å². The summed E-state index contributed by atoms with van der Waals surface area (Å²) >= 11 is 5.92. The Hall–Kier alpha value is -3.08. The molecule has 0 unspecified atom stereocenters. The Balaban J connectivity index is 1.54. The molecule has 1 amide bonds. The lowest BCUT2D eigenvalue weighted by Crippen LogP contribution is -2.45. The highest BCUT2D eigenvalue weighted by molar-refractivity contribution is 6.30. The van der Waals surface area contributed by atoms with Crippen molar-refractivity contribution in [1.82, 2.24) is 29.3 Å². The number of carbonyl (C=O) groups is 1. The second-order valence-corrected chi connectivity index (χ2v) is 7.91. The SMILES string of the molecule is Cn1c(=O)n(CC(=O)NCCN2CCOCC2)c(=O)c2cnc(-c3ccc(Cl)cc3)nc21. The molecule has 1 aromatic carbocycles. The number of hydrogen-bond acceptors (Lipinski definition) is 7. The summed E-state index contributed by atoms with van der Waals surface area (Å²) in [6, 6.07) is 6.92. The van der Waals surface area contributed by atoms with Crippen LogP contribution in [0.2, 0.25) is 5.02 Å². The maximum absolute atomic E-state index is 12.9. The van der Waals surface area contributed by atoms with E-state index in [-0.39, 0.29) is 17.6 Å². The van der Waals surface area contributed by atoms with Crippen molar-refractivity contribution in [2.75, 3.05) is 39.4 Å². The first-order valence-corrected chi connectivity index (χ1v) is 10.6. The molecule has 1 saturated heterocycles. The molecule has 0 aliphatic carbocycles. The van der Waals surface area contributed by atoms with Gasteiger partial charge in [0.2, 0.25) is 5.91 Å². The molecular weight excluding hydrogens is 436 g/mol. The predicted octanol–water partition coefficient (Wildman–Crippen LogP) is 0.259. The summed E-state index contributed by atoms with van der Waals surface area (Å²) in [5.74, 6) is -0.0438. The smallest absolute Gasteiger partial charge is 0.332 e. The average molecular weight is 459 g/mol. The van der Waals surface area contributed by atoms with Crippen molar-refractivity contribution < 1.29 is 9.53 Å². The van der Waals surface area contributed by atoms with Gasteiger partial charge in [-0.2, -0.15) is 0 Å². The topological polar surface area (TPSA) is 111 Å². The quantitative estimate of drug-likeness (QED) is 0.564. The summed E-state index contributed by atoms with van der Waals surface area (Å²) in [5.41, 5.74) is -0.322. The van der Waals surface area contributed by atoms with Gasteiger partial charge in [-0.25, -0.2) is 14.8 Å². The highest BCUT2D eigenvalue weighted by Gasteiger charge is 2.17. The number of amides is 1. The Labute approximate surface area is 188 Å². The molecule has 3 heterocycles. The van der Waals surface area contributed by atoms with E-state index in [0.717, 1.165) is 17.7 Å². The van der Waals surface area contributed by atoms with E-state index in [1.54, 1.807) is 24.3 Å². The van der Waals surface area contributed by atoms with Crippen molar-refractivity contribution in [3.05, 3.63) is 56.3 Å². The second kappa shape index (κ2) is 9.60. The van der Waals surface area contributed by atoms with Gasteiger partial charge in [0.1, 0.15) is 11.9 Å². The van der Waals surface area contributed by atoms with Crippen LogP contribution in [0.4, 0.5) is 0 Å². The molecule has 0 radical (unpaired) electrons. The van der Waals surface area contributed by atoms with Crippen molar-refractivity contribution >= 4 is 28.5 Å². The molecule has 32 heavy (non-hydrogen) atoms. The molecule has 1 aliphatic rings. The summed E-state index contributed by atoms with van der Waals surface area (Å²) < 4.78 is 7.45. The zero-order valence-corrected chi connectivity index (χ0v) is 18.3. The lowest BCUT2D eigenvalue weighted by atomic mass is 10.2. The number of halogens is 1. The number of benzene rings is 1. The van der Waals surface area contributed by atoms with E-state index in [4.69, 9.17) is 16.3 Å². The monoisotopic (exact) mass is 458 g/mol. The van der Waals surface area contributed by atoms with Crippen LogP contribution in [0.25, 0.3) is 22.4 Å². The Bertz CT molecular complexity index is 1250. The molecule has 4 rings (SSSR count). The summed E-state index contributed by atoms with van der Waals surface area (Å²) in [5, 5.41) is 3.50. The van der Waals surface area contributed by atoms with E-state index >= 15 is 0 Å². The molecule has 0 spiro atoms. The van der Waals surface area contributed by atoms with Gasteiger partial charge in [-0.15, -0.1) is 0 Å². The van der Waals surface area contributed by atoms with E-state index in [9.17, 15) is 14.4 Å². The summed E-state index contributed by atoms with van der Waals surface area (Å²) in [7, 11) is 1.51. The van der Waals surface area contributed by atoms with Crippen molar-refractivity contribution in [3.8, 4) is 11.4 Å². The first-order valence-electron chi connectivity index (χ1n) is 10.2. The number of ether oxygens (including phenoxy) is 1. The van der Waals surface area contributed by atoms with Crippen LogP contribution in [0.5, 0.6) is 0 Å². The van der Waals surface area contributed by atoms with Crippen LogP contribution in [0.1, 0.15) is 0 Å². The summed E-state index contributed by atoms with van der Waals surface area (Å²) in [6.45, 7) is 3.73. The lowest BCUT2D eigenvalue weighted by Gasteiger charge is -2.26. The fraction of sp³-hybridized carbons (Fsp3) is 0.381. The molecule has 1 N–H and O–H groups in total. The first kappa shape index (κ1) is 22.1. The van der Waals surface area contributed by atoms with Gasteiger partial charge in [-0.3, -0.25) is 23.6 Å². The van der Waals surface area contributed by atoms with Crippen LogP contribution in [0.3, 0.4) is 0 Å². The van der Waals surface area contributed by atoms with Crippen LogP contribution in [-0.4, -0.2) is 69.3 Å². The van der Waals surface area contributed by atoms with Gasteiger partial charge in [0, 0.05) is 50.0 Å². The number of aryl methyl sites for hydroxylation is 1. The number of morpholine rings is 1. The zero-order valence-electron chi connectivity index (χ0n) is 17.6. The van der Waals surface area contributed by atoms with Crippen LogP contribution in [0, 0.1) is 0 Å². The van der Waals surface area contributed by atoms with Crippen LogP contribution in [0.15, 0.2) is 40.1 Å². The van der Waals surface area contributed by atoms with Gasteiger partial charge in [0.25, 0.3) is 5.56 Å². The molecule has 0 atom stereocenters. The normalized spacial score (nSPS) is 14.6. The molecular formula is C21H23ClN6O4. The fourth-order valence-electron chi connectivity index (χ4n) is 3.54. The fourth-order valence-corrected chi connectivity index (χ4v) is 3.66. The second-order valence-electron chi connectivity index (χ2n) is 7.47. The number of rotatable bonds is 6. The number of hydrogen-bond donors (Lipinski definition) is 1. The predicted molar refractivity (Wildman–Crippen MR) is 120 cm³/mol. The first-order chi connectivity index (χ1) is 15.4. The largest absolute Gasteiger partial charge is 0.379 e. The minimum atomic E-state index is -0.619. The number of nitrogens with zero attached hydrogens (tertiary/aromatic N) is 5. The van der Waals surface area contributed by atoms with Crippen LogP contribution in [-0.2, 0) is 23.1 Å². The molecule has 0 bridgehead atoms. The molecule has 1 aliphatic heterocycles. The standard InChI is InChI=1S/C21H23ClN6O4/c1-26-19-16(12-24-18(25-19)14-2-4-15(22)5-3-14)20(30)28(21(26)31)13-17(29)23-6-7-27-8-10-32-11-9-27/h2-5,12H,6-11,13H2,1H3,(H,23,29). The molecule has 10 nitrogen and oxygen atoms in total. The third kappa shape index (κ3) is 4.72. The maximum Gasteiger partial charge on any atom is 0.332 e. The summed E-state index contributed by atoms with van der Waals surface area (Å²) in [6.07, 6.45) is 1.38. The Kier molecular flexibility index (Phi) is 6.63. The van der Waals surface area contributed by atoms with Gasteiger partial charge in [0.15, 0.2) is 11.5 Å². The number of fused-ring (bicyclic) bond motifs is 1. The van der Waals surface area contributed by atoms with Crippen molar-refractivity contribution in [3.63, 3.8) is 0 Å². The minimum absolute atomic E-state index is 0.158. The zero-order chi connectivity index (χ0) is 22.7. The van der Waals surface area contributed by atoms with E-state index in [0.29, 0.717) is 42.7 Å². The molecule has 2 aromatic heterocycles. The van der Waals surface area contributed by atoms with Gasteiger partial charge in [-0.05, 0) is 24.3 Å². The summed E-state index contributed by atoms with van der Waals surface area (Å²) in [4.78, 5) is 48.9. The molecule has 11 heteroatoms. The third-order valence-electron chi connectivity index (χ3n) is 5.34. The van der Waals surface area contributed by atoms with E-state index in [2.05, 4.69) is 20.2 Å². The molecule has 0 saturated carbocycles. The maximum atomic E-state index is 12.9. The minimum Gasteiger partial charge on any atom is -0.379 e. The molecule has 3 aromatic rings. The number of nitrogens with one attached hydrogen (secondary N) is 1. The molecule has 1 fully saturated rings. The third-order valence-corrected chi connectivity index (χ3v) is 5.59.